The van der Waals surface area contributed by atoms with E-state index in [0.717, 1.165) is 0 Å². The van der Waals surface area contributed by atoms with Gasteiger partial charge in [-0.2, -0.15) is 0 Å². The Kier molecular flexibility index (Phi) is 6.55. The minimum absolute atomic E-state index is 1.22. The van der Waals surface area contributed by atoms with Gasteiger partial charge in [0.1, 0.15) is 0 Å². The molecule has 0 saturated carbocycles. The van der Waals surface area contributed by atoms with Gasteiger partial charge in [0.2, 0.25) is 0 Å². The average Bonchev–Trinajstić information content (AvgIpc) is 2.67. The molecule has 2 rings (SSSR count). The van der Waals surface area contributed by atoms with Crippen molar-refractivity contribution in [1.82, 2.24) is 4.98 Å². The van der Waals surface area contributed by atoms with Crippen LogP contribution in [0.15, 0.2) is 30.5 Å². The number of aromatic nitrogens is 1. The second-order valence-corrected chi connectivity index (χ2v) is 2.52. The number of fused-ring (bicyclic) bond motifs is 1. The van der Waals surface area contributed by atoms with Gasteiger partial charge < -0.3 is 4.98 Å². The summed E-state index contributed by atoms with van der Waals surface area (Å²) in [5.74, 6) is 0. The van der Waals surface area contributed by atoms with Crippen molar-refractivity contribution in [3.8, 4) is 0 Å². The van der Waals surface area contributed by atoms with Crippen molar-refractivity contribution in [2.75, 3.05) is 0 Å². The smallest absolute Gasteiger partial charge is 0.0456 e. The predicted molar refractivity (Wildman–Crippen MR) is 65.7 cm³/mol. The Hall–Kier alpha value is -1.24. The lowest BCUT2D eigenvalue weighted by Crippen LogP contribution is -1.64. The zero-order valence-corrected chi connectivity index (χ0v) is 9.89. The van der Waals surface area contributed by atoms with E-state index in [0.29, 0.717) is 0 Å². The molecule has 0 saturated heterocycles. The van der Waals surface area contributed by atoms with Crippen molar-refractivity contribution in [1.29, 1.82) is 0 Å². The fourth-order valence-corrected chi connectivity index (χ4v) is 1.22. The van der Waals surface area contributed by atoms with Crippen molar-refractivity contribution in [2.45, 2.75) is 34.6 Å². The molecule has 14 heavy (non-hydrogen) atoms. The van der Waals surface area contributed by atoms with Crippen LogP contribution < -0.4 is 0 Å². The Labute approximate surface area is 87.2 Å². The molecule has 78 valence electrons. The van der Waals surface area contributed by atoms with E-state index in [1.54, 1.807) is 0 Å². The maximum atomic E-state index is 3.19. The first-order valence-electron chi connectivity index (χ1n) is 5.40. The predicted octanol–water partition coefficient (Wildman–Crippen LogP) is 4.53. The van der Waals surface area contributed by atoms with E-state index < -0.39 is 0 Å². The van der Waals surface area contributed by atoms with Gasteiger partial charge in [0, 0.05) is 17.1 Å². The molecule has 1 aromatic carbocycles. The summed E-state index contributed by atoms with van der Waals surface area (Å²) in [4.78, 5) is 3.19. The first-order valence-corrected chi connectivity index (χ1v) is 5.40. The maximum Gasteiger partial charge on any atom is 0.0456 e. The number of hydrogen-bond donors (Lipinski definition) is 1. The van der Waals surface area contributed by atoms with Crippen molar-refractivity contribution in [3.63, 3.8) is 0 Å². The molecule has 0 aliphatic carbocycles. The van der Waals surface area contributed by atoms with Crippen LogP contribution in [-0.4, -0.2) is 4.98 Å². The van der Waals surface area contributed by atoms with Gasteiger partial charge in [-0.25, -0.2) is 0 Å². The van der Waals surface area contributed by atoms with Gasteiger partial charge in [-0.05, 0) is 18.6 Å². The van der Waals surface area contributed by atoms with E-state index in [-0.39, 0.29) is 0 Å². The van der Waals surface area contributed by atoms with Crippen LogP contribution in [0.3, 0.4) is 0 Å². The van der Waals surface area contributed by atoms with Crippen LogP contribution in [0, 0.1) is 6.92 Å². The molecule has 1 nitrogen and oxygen atoms in total. The topological polar surface area (TPSA) is 15.8 Å². The summed E-state index contributed by atoms with van der Waals surface area (Å²) in [6.45, 7) is 10.1. The van der Waals surface area contributed by atoms with Gasteiger partial charge in [-0.3, -0.25) is 0 Å². The summed E-state index contributed by atoms with van der Waals surface area (Å²) in [7, 11) is 0. The highest BCUT2D eigenvalue weighted by Gasteiger charge is 1.94. The van der Waals surface area contributed by atoms with Crippen LogP contribution in [0.1, 0.15) is 33.3 Å². The third kappa shape index (κ3) is 2.91. The van der Waals surface area contributed by atoms with Crippen molar-refractivity contribution < 1.29 is 0 Å². The van der Waals surface area contributed by atoms with E-state index in [9.17, 15) is 0 Å². The Bertz CT molecular complexity index is 347. The minimum atomic E-state index is 1.22. The van der Waals surface area contributed by atoms with Crippen LogP contribution in [0.5, 0.6) is 0 Å². The maximum absolute atomic E-state index is 3.19. The van der Waals surface area contributed by atoms with Gasteiger partial charge in [0.15, 0.2) is 0 Å². The molecule has 0 fully saturated rings. The van der Waals surface area contributed by atoms with E-state index in [4.69, 9.17) is 0 Å². The Morgan fingerprint density at radius 3 is 2.07 bits per heavy atom. The molecule has 0 aliphatic heterocycles. The van der Waals surface area contributed by atoms with Gasteiger partial charge in [-0.1, -0.05) is 45.9 Å². The average molecular weight is 191 g/mol. The molecule has 0 amide bonds. The zero-order valence-electron chi connectivity index (χ0n) is 9.89. The zero-order chi connectivity index (χ0) is 11.0. The molecule has 0 bridgehead atoms. The fourth-order valence-electron chi connectivity index (χ4n) is 1.22. The first kappa shape index (κ1) is 12.8. The quantitative estimate of drug-likeness (QED) is 0.629. The summed E-state index contributed by atoms with van der Waals surface area (Å²) < 4.78 is 0. The Morgan fingerprint density at radius 1 is 0.929 bits per heavy atom. The number of H-pyrrole nitrogens is 1. The molecule has 1 heterocycles. The second kappa shape index (κ2) is 7.19. The largest absolute Gasteiger partial charge is 0.361 e. The molecular formula is C13H21N. The highest BCUT2D eigenvalue weighted by atomic mass is 14.7. The number of hydrogen-bond acceptors (Lipinski definition) is 0. The minimum Gasteiger partial charge on any atom is -0.361 e. The Balaban J connectivity index is 0.000000379. The number of para-hydroxylation sites is 1. The number of aromatic amines is 1. The normalized spacial score (nSPS) is 8.36. The second-order valence-electron chi connectivity index (χ2n) is 2.52. The van der Waals surface area contributed by atoms with Crippen molar-refractivity contribution in [3.05, 3.63) is 36.0 Å². The Morgan fingerprint density at radius 2 is 1.50 bits per heavy atom. The van der Waals surface area contributed by atoms with Crippen molar-refractivity contribution in [2.24, 2.45) is 0 Å². The molecule has 0 spiro atoms. The summed E-state index contributed by atoms with van der Waals surface area (Å²) in [6, 6.07) is 8.31. The fraction of sp³-hybridized carbons (Fsp3) is 0.385. The van der Waals surface area contributed by atoms with Crippen LogP contribution in [-0.2, 0) is 0 Å². The molecule has 0 aliphatic rings. The van der Waals surface area contributed by atoms with E-state index in [1.165, 1.54) is 16.5 Å². The van der Waals surface area contributed by atoms with E-state index in [2.05, 4.69) is 30.1 Å². The molecular weight excluding hydrogens is 170 g/mol. The molecule has 0 atom stereocenters. The third-order valence-electron chi connectivity index (χ3n) is 1.80. The van der Waals surface area contributed by atoms with Crippen LogP contribution >= 0.6 is 0 Å². The molecule has 1 N–H and O–H groups in total. The molecule has 0 radical (unpaired) electrons. The van der Waals surface area contributed by atoms with Crippen LogP contribution in [0.25, 0.3) is 10.9 Å². The lowest BCUT2D eigenvalue weighted by atomic mass is 10.2. The first-order chi connectivity index (χ1) is 6.88. The highest BCUT2D eigenvalue weighted by molar-refractivity contribution is 5.82. The van der Waals surface area contributed by atoms with Gasteiger partial charge in [0.25, 0.3) is 0 Å². The molecule has 1 heteroatoms. The van der Waals surface area contributed by atoms with Crippen molar-refractivity contribution >= 4 is 10.9 Å². The lowest BCUT2D eigenvalue weighted by Gasteiger charge is -1.86. The lowest BCUT2D eigenvalue weighted by molar-refractivity contribution is 1.43. The van der Waals surface area contributed by atoms with Gasteiger partial charge >= 0.3 is 0 Å². The van der Waals surface area contributed by atoms with Crippen LogP contribution in [0.2, 0.25) is 0 Å². The summed E-state index contributed by atoms with van der Waals surface area (Å²) in [5.41, 5.74) is 2.54. The molecule has 2 aromatic rings. The van der Waals surface area contributed by atoms with Crippen LogP contribution in [0.4, 0.5) is 0 Å². The summed E-state index contributed by atoms with van der Waals surface area (Å²) >= 11 is 0. The number of benzene rings is 1. The molecule has 1 aromatic heterocycles. The van der Waals surface area contributed by atoms with E-state index in [1.807, 2.05) is 40.0 Å². The summed E-state index contributed by atoms with van der Waals surface area (Å²) in [5, 5.41) is 1.32. The van der Waals surface area contributed by atoms with Gasteiger partial charge in [0.05, 0.1) is 0 Å². The SMILES string of the molecule is CC.CC.Cc1c[nH]c2ccccc12. The van der Waals surface area contributed by atoms with Gasteiger partial charge in [-0.15, -0.1) is 0 Å². The third-order valence-corrected chi connectivity index (χ3v) is 1.80. The number of rotatable bonds is 0. The summed E-state index contributed by atoms with van der Waals surface area (Å²) in [6.07, 6.45) is 2.03. The number of nitrogens with one attached hydrogen (secondary N) is 1. The monoisotopic (exact) mass is 191 g/mol. The van der Waals surface area contributed by atoms with E-state index >= 15 is 0 Å². The standard InChI is InChI=1S/C9H9N.2C2H6/c1-7-6-10-9-5-3-2-4-8(7)9;2*1-2/h2-6,10H,1H3;2*1-2H3. The highest BCUT2D eigenvalue weighted by Crippen LogP contribution is 2.15. The number of aryl methyl sites for hydroxylation is 1. The molecule has 0 unspecified atom stereocenters.